The van der Waals surface area contributed by atoms with Crippen LogP contribution in [0, 0.1) is 0 Å². The second kappa shape index (κ2) is 8.57. The largest absolute Gasteiger partial charge is 0.335 e. The van der Waals surface area contributed by atoms with Gasteiger partial charge >= 0.3 is 6.03 Å². The fraction of sp³-hybridized carbons (Fsp3) is 0.435. The van der Waals surface area contributed by atoms with Gasteiger partial charge in [-0.2, -0.15) is 0 Å². The number of rotatable bonds is 4. The van der Waals surface area contributed by atoms with Crippen molar-refractivity contribution in [2.24, 2.45) is 0 Å². The number of hydrogen-bond acceptors (Lipinski definition) is 2. The fourth-order valence-electron chi connectivity index (χ4n) is 4.40. The summed E-state index contributed by atoms with van der Waals surface area (Å²) in [5.41, 5.74) is 2.63. The van der Waals surface area contributed by atoms with E-state index in [1.165, 1.54) is 24.0 Å². The predicted octanol–water partition coefficient (Wildman–Crippen LogP) is 4.05. The highest BCUT2D eigenvalue weighted by Gasteiger charge is 2.29. The summed E-state index contributed by atoms with van der Waals surface area (Å²) in [7, 11) is 0. The van der Waals surface area contributed by atoms with Crippen LogP contribution in [0.1, 0.15) is 42.9 Å². The third kappa shape index (κ3) is 4.33. The van der Waals surface area contributed by atoms with Crippen molar-refractivity contribution >= 4 is 6.03 Å². The number of carbonyl (C=O) groups is 1. The van der Waals surface area contributed by atoms with E-state index in [4.69, 9.17) is 0 Å². The summed E-state index contributed by atoms with van der Waals surface area (Å²) in [6.45, 7) is 3.36. The molecule has 0 unspecified atom stereocenters. The van der Waals surface area contributed by atoms with E-state index >= 15 is 0 Å². The molecule has 2 fully saturated rings. The van der Waals surface area contributed by atoms with Gasteiger partial charge in [0.1, 0.15) is 0 Å². The summed E-state index contributed by atoms with van der Waals surface area (Å²) in [6, 6.07) is 22.1. The van der Waals surface area contributed by atoms with Gasteiger partial charge in [-0.05, 0) is 24.0 Å². The standard InChI is InChI=1S/C23H29N3O/c27-23(24-21-13-7-8-14-21)26-17-15-25(16-18-26)22(19-9-3-1-4-10-19)20-11-5-2-6-12-20/h1-6,9-12,21-22H,7-8,13-18H2,(H,24,27). The van der Waals surface area contributed by atoms with E-state index in [1.54, 1.807) is 0 Å². The molecule has 142 valence electrons. The first kappa shape index (κ1) is 18.1. The molecule has 0 spiro atoms. The maximum atomic E-state index is 12.6. The summed E-state index contributed by atoms with van der Waals surface area (Å²) in [5.74, 6) is 0. The Bertz CT molecular complexity index is 680. The SMILES string of the molecule is O=C(NC1CCCC1)N1CCN(C(c2ccccc2)c2ccccc2)CC1. The zero-order valence-corrected chi connectivity index (χ0v) is 15.9. The van der Waals surface area contributed by atoms with Crippen LogP contribution in [-0.2, 0) is 0 Å². The van der Waals surface area contributed by atoms with Crippen molar-refractivity contribution in [2.75, 3.05) is 26.2 Å². The summed E-state index contributed by atoms with van der Waals surface area (Å²) in [4.78, 5) is 17.1. The number of nitrogens with zero attached hydrogens (tertiary/aromatic N) is 2. The Morgan fingerprint density at radius 2 is 1.33 bits per heavy atom. The summed E-state index contributed by atoms with van der Waals surface area (Å²) < 4.78 is 0. The van der Waals surface area contributed by atoms with Crippen LogP contribution >= 0.6 is 0 Å². The highest BCUT2D eigenvalue weighted by Crippen LogP contribution is 2.29. The van der Waals surface area contributed by atoms with Crippen molar-refractivity contribution in [1.29, 1.82) is 0 Å². The summed E-state index contributed by atoms with van der Waals surface area (Å²) in [5, 5.41) is 3.22. The monoisotopic (exact) mass is 363 g/mol. The first-order valence-corrected chi connectivity index (χ1v) is 10.2. The second-order valence-electron chi connectivity index (χ2n) is 7.68. The van der Waals surface area contributed by atoms with Crippen LogP contribution in [0.3, 0.4) is 0 Å². The maximum Gasteiger partial charge on any atom is 0.317 e. The van der Waals surface area contributed by atoms with E-state index in [0.29, 0.717) is 6.04 Å². The number of hydrogen-bond donors (Lipinski definition) is 1. The maximum absolute atomic E-state index is 12.6. The molecular weight excluding hydrogens is 334 g/mol. The number of nitrogens with one attached hydrogen (secondary N) is 1. The van der Waals surface area contributed by atoms with Gasteiger partial charge in [0.2, 0.25) is 0 Å². The van der Waals surface area contributed by atoms with Crippen LogP contribution in [-0.4, -0.2) is 48.1 Å². The van der Waals surface area contributed by atoms with E-state index in [2.05, 4.69) is 70.9 Å². The third-order valence-corrected chi connectivity index (χ3v) is 5.88. The molecule has 0 radical (unpaired) electrons. The lowest BCUT2D eigenvalue weighted by Crippen LogP contribution is -2.53. The number of urea groups is 1. The lowest BCUT2D eigenvalue weighted by molar-refractivity contribution is 0.119. The highest BCUT2D eigenvalue weighted by atomic mass is 16.2. The van der Waals surface area contributed by atoms with Gasteiger partial charge in [-0.25, -0.2) is 4.79 Å². The molecule has 0 atom stereocenters. The molecule has 1 heterocycles. The number of carbonyl (C=O) groups excluding carboxylic acids is 1. The molecule has 0 bridgehead atoms. The molecule has 2 amide bonds. The van der Waals surface area contributed by atoms with Crippen LogP contribution in [0.2, 0.25) is 0 Å². The smallest absolute Gasteiger partial charge is 0.317 e. The third-order valence-electron chi connectivity index (χ3n) is 5.88. The van der Waals surface area contributed by atoms with E-state index in [0.717, 1.165) is 39.0 Å². The number of piperazine rings is 1. The van der Waals surface area contributed by atoms with Gasteiger partial charge in [-0.1, -0.05) is 73.5 Å². The second-order valence-corrected chi connectivity index (χ2v) is 7.68. The molecule has 2 aromatic carbocycles. The Morgan fingerprint density at radius 3 is 1.85 bits per heavy atom. The van der Waals surface area contributed by atoms with Gasteiger partial charge in [0.05, 0.1) is 6.04 Å². The van der Waals surface area contributed by atoms with E-state index in [1.807, 2.05) is 4.90 Å². The lowest BCUT2D eigenvalue weighted by atomic mass is 9.96. The Morgan fingerprint density at radius 1 is 0.815 bits per heavy atom. The Hall–Kier alpha value is -2.33. The molecule has 4 heteroatoms. The molecular formula is C23H29N3O. The molecule has 1 saturated carbocycles. The van der Waals surface area contributed by atoms with Gasteiger partial charge in [0.25, 0.3) is 0 Å². The quantitative estimate of drug-likeness (QED) is 0.890. The zero-order chi connectivity index (χ0) is 18.5. The highest BCUT2D eigenvalue weighted by molar-refractivity contribution is 5.74. The fourth-order valence-corrected chi connectivity index (χ4v) is 4.40. The Balaban J connectivity index is 1.43. The van der Waals surface area contributed by atoms with E-state index < -0.39 is 0 Å². The molecule has 2 aliphatic rings. The van der Waals surface area contributed by atoms with Crippen molar-refractivity contribution in [1.82, 2.24) is 15.1 Å². The summed E-state index contributed by atoms with van der Waals surface area (Å²) >= 11 is 0. The molecule has 1 saturated heterocycles. The van der Waals surface area contributed by atoms with Crippen molar-refractivity contribution < 1.29 is 4.79 Å². The molecule has 4 rings (SSSR count). The minimum absolute atomic E-state index is 0.123. The zero-order valence-electron chi connectivity index (χ0n) is 15.9. The van der Waals surface area contributed by atoms with Gasteiger partial charge in [0, 0.05) is 32.2 Å². The average molecular weight is 364 g/mol. The number of benzene rings is 2. The molecule has 2 aromatic rings. The lowest BCUT2D eigenvalue weighted by Gasteiger charge is -2.40. The molecule has 0 aromatic heterocycles. The van der Waals surface area contributed by atoms with Gasteiger partial charge < -0.3 is 10.2 Å². The van der Waals surface area contributed by atoms with E-state index in [9.17, 15) is 4.79 Å². The Kier molecular flexibility index (Phi) is 5.73. The van der Waals surface area contributed by atoms with Crippen molar-refractivity contribution in [3.8, 4) is 0 Å². The normalized spacial score (nSPS) is 18.8. The van der Waals surface area contributed by atoms with Crippen molar-refractivity contribution in [2.45, 2.75) is 37.8 Å². The number of amides is 2. The molecule has 27 heavy (non-hydrogen) atoms. The first-order chi connectivity index (χ1) is 13.3. The van der Waals surface area contributed by atoms with Crippen molar-refractivity contribution in [3.63, 3.8) is 0 Å². The van der Waals surface area contributed by atoms with Crippen LogP contribution < -0.4 is 5.32 Å². The summed E-state index contributed by atoms with van der Waals surface area (Å²) in [6.07, 6.45) is 4.76. The topological polar surface area (TPSA) is 35.6 Å². The van der Waals surface area contributed by atoms with Crippen LogP contribution in [0.5, 0.6) is 0 Å². The van der Waals surface area contributed by atoms with Gasteiger partial charge in [-0.15, -0.1) is 0 Å². The van der Waals surface area contributed by atoms with Gasteiger partial charge in [-0.3, -0.25) is 4.90 Å². The van der Waals surface area contributed by atoms with Crippen LogP contribution in [0.15, 0.2) is 60.7 Å². The average Bonchev–Trinajstić information content (AvgIpc) is 3.23. The van der Waals surface area contributed by atoms with Crippen LogP contribution in [0.4, 0.5) is 4.79 Å². The Labute approximate surface area is 162 Å². The molecule has 1 aliphatic heterocycles. The molecule has 1 aliphatic carbocycles. The van der Waals surface area contributed by atoms with E-state index in [-0.39, 0.29) is 12.1 Å². The molecule has 1 N–H and O–H groups in total. The minimum atomic E-state index is 0.123. The van der Waals surface area contributed by atoms with Crippen LogP contribution in [0.25, 0.3) is 0 Å². The predicted molar refractivity (Wildman–Crippen MR) is 109 cm³/mol. The van der Waals surface area contributed by atoms with Crippen molar-refractivity contribution in [3.05, 3.63) is 71.8 Å². The first-order valence-electron chi connectivity index (χ1n) is 10.2. The molecule has 4 nitrogen and oxygen atoms in total. The van der Waals surface area contributed by atoms with Gasteiger partial charge in [0.15, 0.2) is 0 Å². The minimum Gasteiger partial charge on any atom is -0.335 e.